The molecule has 1 aromatic rings. The third-order valence-electron chi connectivity index (χ3n) is 2.89. The standard InChI is InChI=1S/C12H16O4S/c1-11(2)12(14-3,16-11)9-5-7-10(8-6-9)15-17(4)13/h5-8H,1-4H3. The molecule has 17 heavy (non-hydrogen) atoms. The van der Waals surface area contributed by atoms with E-state index in [4.69, 9.17) is 13.7 Å². The summed E-state index contributed by atoms with van der Waals surface area (Å²) in [4.78, 5) is 0. The van der Waals surface area contributed by atoms with Crippen LogP contribution in [0.3, 0.4) is 0 Å². The molecule has 0 bridgehead atoms. The summed E-state index contributed by atoms with van der Waals surface area (Å²) in [5.41, 5.74) is 0.608. The van der Waals surface area contributed by atoms with Crippen molar-refractivity contribution in [2.75, 3.05) is 13.4 Å². The van der Waals surface area contributed by atoms with Gasteiger partial charge in [-0.1, -0.05) is 0 Å². The molecule has 1 heterocycles. The molecule has 2 rings (SSSR count). The van der Waals surface area contributed by atoms with E-state index in [1.54, 1.807) is 19.2 Å². The van der Waals surface area contributed by atoms with Gasteiger partial charge < -0.3 is 13.7 Å². The van der Waals surface area contributed by atoms with Gasteiger partial charge in [-0.25, -0.2) is 4.21 Å². The van der Waals surface area contributed by atoms with Gasteiger partial charge in [0.05, 0.1) is 0 Å². The SMILES string of the molecule is COC1(c2ccc(OS(C)=O)cc2)OC1(C)C. The van der Waals surface area contributed by atoms with Crippen LogP contribution in [0.2, 0.25) is 0 Å². The molecule has 1 saturated heterocycles. The third kappa shape index (κ3) is 2.10. The molecule has 1 aliphatic rings. The van der Waals surface area contributed by atoms with Crippen molar-refractivity contribution >= 4 is 11.1 Å². The lowest BCUT2D eigenvalue weighted by molar-refractivity contribution is -0.0147. The Balaban J connectivity index is 2.22. The zero-order valence-corrected chi connectivity index (χ0v) is 11.2. The van der Waals surface area contributed by atoms with Crippen molar-refractivity contribution in [3.8, 4) is 5.75 Å². The van der Waals surface area contributed by atoms with E-state index < -0.39 is 16.9 Å². The maximum Gasteiger partial charge on any atom is 0.225 e. The van der Waals surface area contributed by atoms with E-state index in [1.165, 1.54) is 6.26 Å². The van der Waals surface area contributed by atoms with E-state index in [0.29, 0.717) is 5.75 Å². The first-order chi connectivity index (χ1) is 7.91. The number of rotatable bonds is 4. The van der Waals surface area contributed by atoms with Crippen LogP contribution in [-0.2, 0) is 26.3 Å². The van der Waals surface area contributed by atoms with Crippen molar-refractivity contribution in [1.82, 2.24) is 0 Å². The normalized spacial score (nSPS) is 27.5. The summed E-state index contributed by atoms with van der Waals surface area (Å²) in [5, 5.41) is 0. The highest BCUT2D eigenvalue weighted by molar-refractivity contribution is 7.79. The molecule has 0 spiro atoms. The average Bonchev–Trinajstić information content (AvgIpc) is 2.82. The van der Waals surface area contributed by atoms with Crippen LogP contribution in [-0.4, -0.2) is 23.2 Å². The fraction of sp³-hybridized carbons (Fsp3) is 0.500. The predicted molar refractivity (Wildman–Crippen MR) is 65.0 cm³/mol. The second kappa shape index (κ2) is 4.08. The molecule has 5 heteroatoms. The molecule has 1 aliphatic heterocycles. The molecular weight excluding hydrogens is 240 g/mol. The quantitative estimate of drug-likeness (QED) is 0.773. The van der Waals surface area contributed by atoms with Crippen molar-refractivity contribution in [3.05, 3.63) is 29.8 Å². The number of methoxy groups -OCH3 is 1. The third-order valence-corrected chi connectivity index (χ3v) is 3.31. The van der Waals surface area contributed by atoms with Crippen LogP contribution in [0.25, 0.3) is 0 Å². The Hall–Kier alpha value is -0.910. The van der Waals surface area contributed by atoms with E-state index in [0.717, 1.165) is 5.56 Å². The van der Waals surface area contributed by atoms with E-state index in [9.17, 15) is 4.21 Å². The Morgan fingerprint density at radius 1 is 1.24 bits per heavy atom. The molecule has 94 valence electrons. The van der Waals surface area contributed by atoms with Gasteiger partial charge in [0, 0.05) is 18.9 Å². The highest BCUT2D eigenvalue weighted by atomic mass is 32.2. The molecule has 2 atom stereocenters. The van der Waals surface area contributed by atoms with Crippen LogP contribution in [0.1, 0.15) is 19.4 Å². The molecule has 2 unspecified atom stereocenters. The maximum atomic E-state index is 10.9. The van der Waals surface area contributed by atoms with Gasteiger partial charge >= 0.3 is 0 Å². The summed E-state index contributed by atoms with van der Waals surface area (Å²) < 4.78 is 27.1. The van der Waals surface area contributed by atoms with Crippen molar-refractivity contribution in [2.24, 2.45) is 0 Å². The van der Waals surface area contributed by atoms with Gasteiger partial charge in [0.2, 0.25) is 16.9 Å². The fourth-order valence-corrected chi connectivity index (χ4v) is 2.39. The lowest BCUT2D eigenvalue weighted by Crippen LogP contribution is -2.20. The van der Waals surface area contributed by atoms with Crippen LogP contribution in [0.5, 0.6) is 5.75 Å². The number of hydrogen-bond acceptors (Lipinski definition) is 4. The van der Waals surface area contributed by atoms with Crippen LogP contribution in [0.4, 0.5) is 0 Å². The highest BCUT2D eigenvalue weighted by Crippen LogP contribution is 2.55. The monoisotopic (exact) mass is 256 g/mol. The van der Waals surface area contributed by atoms with Gasteiger partial charge in [-0.2, -0.15) is 0 Å². The van der Waals surface area contributed by atoms with Crippen molar-refractivity contribution in [3.63, 3.8) is 0 Å². The number of epoxide rings is 1. The zero-order chi connectivity index (χ0) is 12.7. The zero-order valence-electron chi connectivity index (χ0n) is 10.4. The first-order valence-corrected chi connectivity index (χ1v) is 6.77. The fourth-order valence-electron chi connectivity index (χ4n) is 2.01. The Labute approximate surface area is 104 Å². The number of ether oxygens (including phenoxy) is 2. The molecular formula is C12H16O4S. The summed E-state index contributed by atoms with van der Waals surface area (Å²) in [7, 11) is 1.63. The molecule has 0 aromatic heterocycles. The Bertz CT molecular complexity index is 440. The van der Waals surface area contributed by atoms with Gasteiger partial charge in [-0.05, 0) is 38.1 Å². The molecule has 1 aromatic carbocycles. The molecule has 0 saturated carbocycles. The molecule has 0 aliphatic carbocycles. The Kier molecular flexibility index (Phi) is 3.01. The van der Waals surface area contributed by atoms with E-state index >= 15 is 0 Å². The second-order valence-corrected chi connectivity index (χ2v) is 5.41. The van der Waals surface area contributed by atoms with E-state index in [1.807, 2.05) is 26.0 Å². The van der Waals surface area contributed by atoms with Crippen molar-refractivity contribution in [2.45, 2.75) is 25.2 Å². The minimum absolute atomic E-state index is 0.322. The largest absolute Gasteiger partial charge is 0.401 e. The van der Waals surface area contributed by atoms with Gasteiger partial charge in [-0.15, -0.1) is 0 Å². The molecule has 0 N–H and O–H groups in total. The lowest BCUT2D eigenvalue weighted by Gasteiger charge is -2.13. The van der Waals surface area contributed by atoms with Crippen LogP contribution in [0, 0.1) is 0 Å². The minimum Gasteiger partial charge on any atom is -0.401 e. The van der Waals surface area contributed by atoms with E-state index in [2.05, 4.69) is 0 Å². The van der Waals surface area contributed by atoms with Gasteiger partial charge in [0.15, 0.2) is 0 Å². The summed E-state index contributed by atoms with van der Waals surface area (Å²) in [6.45, 7) is 3.95. The minimum atomic E-state index is -1.31. The van der Waals surface area contributed by atoms with Crippen molar-refractivity contribution < 1.29 is 17.9 Å². The van der Waals surface area contributed by atoms with Crippen LogP contribution < -0.4 is 4.18 Å². The molecule has 0 radical (unpaired) electrons. The molecule has 4 nitrogen and oxygen atoms in total. The van der Waals surface area contributed by atoms with Crippen LogP contribution >= 0.6 is 0 Å². The maximum absolute atomic E-state index is 10.9. The van der Waals surface area contributed by atoms with E-state index in [-0.39, 0.29) is 5.60 Å². The lowest BCUT2D eigenvalue weighted by atomic mass is 9.99. The molecule has 1 fully saturated rings. The van der Waals surface area contributed by atoms with Crippen LogP contribution in [0.15, 0.2) is 24.3 Å². The smallest absolute Gasteiger partial charge is 0.225 e. The van der Waals surface area contributed by atoms with Gasteiger partial charge in [0.25, 0.3) is 0 Å². The van der Waals surface area contributed by atoms with Gasteiger partial charge in [-0.3, -0.25) is 0 Å². The van der Waals surface area contributed by atoms with Crippen molar-refractivity contribution in [1.29, 1.82) is 0 Å². The average molecular weight is 256 g/mol. The second-order valence-electron chi connectivity index (χ2n) is 4.44. The Morgan fingerprint density at radius 2 is 1.76 bits per heavy atom. The number of hydrogen-bond donors (Lipinski definition) is 0. The summed E-state index contributed by atoms with van der Waals surface area (Å²) in [6.07, 6.45) is 1.48. The first kappa shape index (κ1) is 12.5. The summed E-state index contributed by atoms with van der Waals surface area (Å²) >= 11 is -1.31. The predicted octanol–water partition coefficient (Wildman–Crippen LogP) is 1.97. The molecule has 0 amide bonds. The topological polar surface area (TPSA) is 48.1 Å². The highest BCUT2D eigenvalue weighted by Gasteiger charge is 2.66. The van der Waals surface area contributed by atoms with Gasteiger partial charge in [0.1, 0.15) is 11.4 Å². The Morgan fingerprint density at radius 3 is 2.12 bits per heavy atom. The summed E-state index contributed by atoms with van der Waals surface area (Å²) in [5.74, 6) is -0.101. The first-order valence-electron chi connectivity index (χ1n) is 5.29. The summed E-state index contributed by atoms with van der Waals surface area (Å²) in [6, 6.07) is 7.24. The number of benzene rings is 1.